The van der Waals surface area contributed by atoms with Crippen LogP contribution >= 0.6 is 0 Å². The largest absolute Gasteiger partial charge is 0.271 e. The van der Waals surface area contributed by atoms with Crippen LogP contribution in [0.15, 0.2) is 12.4 Å². The molecule has 2 rings (SSSR count). The molecule has 1 aliphatic heterocycles. The van der Waals surface area contributed by atoms with Crippen molar-refractivity contribution in [2.24, 2.45) is 0 Å². The van der Waals surface area contributed by atoms with E-state index in [-0.39, 0.29) is 0 Å². The quantitative estimate of drug-likeness (QED) is 0.717. The van der Waals surface area contributed by atoms with E-state index >= 15 is 0 Å². The molecule has 0 saturated carbocycles. The van der Waals surface area contributed by atoms with Gasteiger partial charge in [-0.2, -0.15) is 0 Å². The molecule has 1 saturated heterocycles. The summed E-state index contributed by atoms with van der Waals surface area (Å²) in [4.78, 5) is 13.9. The number of anilines is 1. The smallest absolute Gasteiger partial charge is 0.249 e. The van der Waals surface area contributed by atoms with Crippen molar-refractivity contribution in [3.05, 3.63) is 18.0 Å². The third kappa shape index (κ3) is 1.85. The summed E-state index contributed by atoms with van der Waals surface area (Å²) in [5.41, 5.74) is 1.16. The normalized spacial score (nSPS) is 16.6. The van der Waals surface area contributed by atoms with Gasteiger partial charge in [-0.3, -0.25) is 4.84 Å². The Hall–Kier alpha value is -1.16. The second-order valence-corrected chi connectivity index (χ2v) is 3.76. The Kier molecular flexibility index (Phi) is 2.63. The Balaban J connectivity index is 2.12. The van der Waals surface area contributed by atoms with Crippen molar-refractivity contribution >= 4 is 5.95 Å². The highest BCUT2D eigenvalue weighted by molar-refractivity contribution is 5.27. The highest BCUT2D eigenvalue weighted by atomic mass is 16.7. The zero-order chi connectivity index (χ0) is 9.97. The highest BCUT2D eigenvalue weighted by Gasteiger charge is 2.15. The minimum Gasteiger partial charge on any atom is -0.271 e. The molecule has 0 N–H and O–H groups in total. The molecule has 0 amide bonds. The predicted molar refractivity (Wildman–Crippen MR) is 54.0 cm³/mol. The van der Waals surface area contributed by atoms with Crippen molar-refractivity contribution in [1.29, 1.82) is 0 Å². The van der Waals surface area contributed by atoms with Crippen LogP contribution in [0.25, 0.3) is 0 Å². The first-order chi connectivity index (χ1) is 6.77. The van der Waals surface area contributed by atoms with Crippen LogP contribution in [0.3, 0.4) is 0 Å². The Labute approximate surface area is 83.9 Å². The van der Waals surface area contributed by atoms with Crippen molar-refractivity contribution in [3.8, 4) is 0 Å². The molecule has 1 aromatic heterocycles. The number of aromatic nitrogens is 2. The molecule has 0 radical (unpaired) electrons. The first-order valence-electron chi connectivity index (χ1n) is 5.00. The average molecular weight is 193 g/mol. The summed E-state index contributed by atoms with van der Waals surface area (Å²) in [6.45, 7) is 5.92. The number of nitrogens with zero attached hydrogens (tertiary/aromatic N) is 3. The van der Waals surface area contributed by atoms with Crippen LogP contribution in [0, 0.1) is 0 Å². The first-order valence-corrected chi connectivity index (χ1v) is 5.00. The zero-order valence-electron chi connectivity index (χ0n) is 8.60. The maximum Gasteiger partial charge on any atom is 0.249 e. The van der Waals surface area contributed by atoms with Gasteiger partial charge < -0.3 is 0 Å². The molecule has 0 bridgehead atoms. The molecule has 2 heterocycles. The lowest BCUT2D eigenvalue weighted by Gasteiger charge is -2.13. The molecule has 76 valence electrons. The van der Waals surface area contributed by atoms with Gasteiger partial charge in [0, 0.05) is 12.4 Å². The molecule has 0 atom stereocenters. The predicted octanol–water partition coefficient (Wildman–Crippen LogP) is 1.74. The van der Waals surface area contributed by atoms with Crippen LogP contribution in [0.2, 0.25) is 0 Å². The van der Waals surface area contributed by atoms with Gasteiger partial charge in [-0.25, -0.2) is 15.0 Å². The van der Waals surface area contributed by atoms with Crippen LogP contribution in [-0.4, -0.2) is 23.1 Å². The van der Waals surface area contributed by atoms with Gasteiger partial charge in [-0.05, 0) is 17.9 Å². The maximum atomic E-state index is 5.35. The molecule has 0 unspecified atom stereocenters. The van der Waals surface area contributed by atoms with E-state index in [1.807, 2.05) is 12.4 Å². The Morgan fingerprint density at radius 2 is 2.07 bits per heavy atom. The van der Waals surface area contributed by atoms with E-state index in [9.17, 15) is 0 Å². The topological polar surface area (TPSA) is 38.2 Å². The Morgan fingerprint density at radius 3 is 2.57 bits per heavy atom. The van der Waals surface area contributed by atoms with E-state index in [4.69, 9.17) is 4.84 Å². The monoisotopic (exact) mass is 193 g/mol. The molecule has 0 spiro atoms. The molecule has 1 fully saturated rings. The van der Waals surface area contributed by atoms with E-state index in [1.165, 1.54) is 0 Å². The third-order valence-corrected chi connectivity index (χ3v) is 2.30. The van der Waals surface area contributed by atoms with Crippen molar-refractivity contribution in [2.75, 3.05) is 18.2 Å². The van der Waals surface area contributed by atoms with Gasteiger partial charge in [0.25, 0.3) is 0 Å². The van der Waals surface area contributed by atoms with Gasteiger partial charge in [0.15, 0.2) is 0 Å². The maximum absolute atomic E-state index is 5.35. The Morgan fingerprint density at radius 1 is 1.36 bits per heavy atom. The molecule has 4 nitrogen and oxygen atoms in total. The highest BCUT2D eigenvalue weighted by Crippen LogP contribution is 2.16. The van der Waals surface area contributed by atoms with Crippen molar-refractivity contribution in [1.82, 2.24) is 9.97 Å². The van der Waals surface area contributed by atoms with Gasteiger partial charge in [0.1, 0.15) is 0 Å². The first kappa shape index (κ1) is 9.40. The van der Waals surface area contributed by atoms with Gasteiger partial charge in [-0.1, -0.05) is 13.8 Å². The van der Waals surface area contributed by atoms with Crippen LogP contribution in [0.4, 0.5) is 5.95 Å². The van der Waals surface area contributed by atoms with Crippen molar-refractivity contribution < 1.29 is 4.84 Å². The van der Waals surface area contributed by atoms with Gasteiger partial charge in [0.2, 0.25) is 5.95 Å². The number of rotatable bonds is 2. The van der Waals surface area contributed by atoms with E-state index < -0.39 is 0 Å². The molecule has 1 aliphatic rings. The lowest BCUT2D eigenvalue weighted by Crippen LogP contribution is -2.18. The van der Waals surface area contributed by atoms with Gasteiger partial charge >= 0.3 is 0 Å². The van der Waals surface area contributed by atoms with Gasteiger partial charge in [-0.15, -0.1) is 0 Å². The summed E-state index contributed by atoms with van der Waals surface area (Å²) in [7, 11) is 0. The molecule has 0 aliphatic carbocycles. The average Bonchev–Trinajstić information content (AvgIpc) is 2.71. The molecule has 14 heavy (non-hydrogen) atoms. The number of hydroxylamine groups is 1. The zero-order valence-corrected chi connectivity index (χ0v) is 8.60. The lowest BCUT2D eigenvalue weighted by atomic mass is 10.1. The fraction of sp³-hybridized carbons (Fsp3) is 0.600. The summed E-state index contributed by atoms with van der Waals surface area (Å²) in [5.74, 6) is 1.15. The van der Waals surface area contributed by atoms with E-state index in [1.54, 1.807) is 5.06 Å². The standard InChI is InChI=1S/C10H15N3O/c1-8(2)9-6-11-10(12-7-9)13-4-3-5-14-13/h6-8H,3-5H2,1-2H3. The van der Waals surface area contributed by atoms with Gasteiger partial charge in [0.05, 0.1) is 13.2 Å². The van der Waals surface area contributed by atoms with Crippen molar-refractivity contribution in [3.63, 3.8) is 0 Å². The molecular formula is C10H15N3O. The fourth-order valence-corrected chi connectivity index (χ4v) is 1.36. The summed E-state index contributed by atoms with van der Waals surface area (Å²) in [6, 6.07) is 0. The second kappa shape index (κ2) is 3.92. The minimum atomic E-state index is 0.476. The summed E-state index contributed by atoms with van der Waals surface area (Å²) < 4.78 is 0. The van der Waals surface area contributed by atoms with Crippen LogP contribution < -0.4 is 5.06 Å². The van der Waals surface area contributed by atoms with Crippen molar-refractivity contribution in [2.45, 2.75) is 26.2 Å². The fourth-order valence-electron chi connectivity index (χ4n) is 1.36. The molecular weight excluding hydrogens is 178 g/mol. The molecule has 1 aromatic rings. The Bertz CT molecular complexity index is 291. The summed E-state index contributed by atoms with van der Waals surface area (Å²) in [6.07, 6.45) is 4.79. The lowest BCUT2D eigenvalue weighted by molar-refractivity contribution is 0.164. The van der Waals surface area contributed by atoms with E-state index in [0.29, 0.717) is 11.9 Å². The van der Waals surface area contributed by atoms with Crippen LogP contribution in [-0.2, 0) is 4.84 Å². The number of hydrogen-bond donors (Lipinski definition) is 0. The van der Waals surface area contributed by atoms with E-state index in [2.05, 4.69) is 23.8 Å². The minimum absolute atomic E-state index is 0.476. The molecule has 4 heteroatoms. The summed E-state index contributed by atoms with van der Waals surface area (Å²) in [5, 5.41) is 1.75. The number of hydrogen-bond acceptors (Lipinski definition) is 4. The van der Waals surface area contributed by atoms with Crippen LogP contribution in [0.5, 0.6) is 0 Å². The summed E-state index contributed by atoms with van der Waals surface area (Å²) >= 11 is 0. The third-order valence-electron chi connectivity index (χ3n) is 2.30. The second-order valence-electron chi connectivity index (χ2n) is 3.76. The SMILES string of the molecule is CC(C)c1cnc(N2CCCO2)nc1. The van der Waals surface area contributed by atoms with E-state index in [0.717, 1.165) is 25.1 Å². The molecule has 0 aromatic carbocycles. The van der Waals surface area contributed by atoms with Crippen LogP contribution in [0.1, 0.15) is 31.7 Å².